The molecule has 2 heterocycles. The van der Waals surface area contributed by atoms with Crippen molar-refractivity contribution in [3.05, 3.63) is 15.0 Å². The maximum atomic E-state index is 10.4. The number of aliphatic hydroxyl groups is 1. The van der Waals surface area contributed by atoms with Gasteiger partial charge in [-0.05, 0) is 29.3 Å². The van der Waals surface area contributed by atoms with Gasteiger partial charge in [0, 0.05) is 12.5 Å². The van der Waals surface area contributed by atoms with Crippen molar-refractivity contribution in [3.63, 3.8) is 0 Å². The summed E-state index contributed by atoms with van der Waals surface area (Å²) in [7, 11) is 0. The Morgan fingerprint density at radius 1 is 1.79 bits per heavy atom. The van der Waals surface area contributed by atoms with E-state index >= 15 is 0 Å². The van der Waals surface area contributed by atoms with Gasteiger partial charge in [-0.25, -0.2) is 4.98 Å². The molecule has 0 spiro atoms. The van der Waals surface area contributed by atoms with E-state index in [1.165, 1.54) is 11.3 Å². The molecule has 0 saturated carbocycles. The van der Waals surface area contributed by atoms with Gasteiger partial charge in [-0.15, -0.1) is 11.3 Å². The van der Waals surface area contributed by atoms with Crippen LogP contribution in [0.2, 0.25) is 0 Å². The molecule has 2 rings (SSSR count). The highest BCUT2D eigenvalue weighted by Crippen LogP contribution is 2.39. The standard InChI is InChI=1S/C9H12BrNO2S/c1-9(12,6-2-3-13-4-6)7-8(10)11-5-14-7/h5-6,12H,2-4H2,1H3. The SMILES string of the molecule is CC(O)(c1scnc1Br)C1CCOC1. The fourth-order valence-electron chi connectivity index (χ4n) is 1.72. The van der Waals surface area contributed by atoms with Gasteiger partial charge in [0.2, 0.25) is 0 Å². The number of rotatable bonds is 2. The topological polar surface area (TPSA) is 42.4 Å². The molecule has 0 amide bonds. The van der Waals surface area contributed by atoms with Gasteiger partial charge in [-0.1, -0.05) is 0 Å². The van der Waals surface area contributed by atoms with Crippen LogP contribution in [0, 0.1) is 5.92 Å². The summed E-state index contributed by atoms with van der Waals surface area (Å²) in [6.07, 6.45) is 0.914. The summed E-state index contributed by atoms with van der Waals surface area (Å²) in [5.74, 6) is 0.180. The Hall–Kier alpha value is 0.0300. The third kappa shape index (κ3) is 1.74. The first-order valence-corrected chi connectivity index (χ1v) is 6.19. The van der Waals surface area contributed by atoms with E-state index in [9.17, 15) is 5.11 Å². The zero-order chi connectivity index (χ0) is 10.2. The first kappa shape index (κ1) is 10.5. The number of thiazole rings is 1. The molecular weight excluding hydrogens is 266 g/mol. The van der Waals surface area contributed by atoms with Crippen LogP contribution in [0.15, 0.2) is 10.1 Å². The van der Waals surface area contributed by atoms with Gasteiger partial charge in [-0.2, -0.15) is 0 Å². The molecule has 1 aromatic rings. The number of hydrogen-bond acceptors (Lipinski definition) is 4. The van der Waals surface area contributed by atoms with Crippen LogP contribution in [0.5, 0.6) is 0 Å². The minimum absolute atomic E-state index is 0.180. The van der Waals surface area contributed by atoms with Crippen molar-refractivity contribution < 1.29 is 9.84 Å². The number of halogens is 1. The van der Waals surface area contributed by atoms with Crippen molar-refractivity contribution in [2.75, 3.05) is 13.2 Å². The van der Waals surface area contributed by atoms with E-state index in [-0.39, 0.29) is 5.92 Å². The molecular formula is C9H12BrNO2S. The van der Waals surface area contributed by atoms with Gasteiger partial charge < -0.3 is 9.84 Å². The van der Waals surface area contributed by atoms with Crippen LogP contribution in [-0.2, 0) is 10.3 Å². The van der Waals surface area contributed by atoms with E-state index in [4.69, 9.17) is 4.74 Å². The van der Waals surface area contributed by atoms with E-state index in [1.807, 2.05) is 6.92 Å². The zero-order valence-electron chi connectivity index (χ0n) is 7.86. The van der Waals surface area contributed by atoms with E-state index < -0.39 is 5.60 Å². The van der Waals surface area contributed by atoms with Crippen LogP contribution in [0.4, 0.5) is 0 Å². The second-order valence-electron chi connectivity index (χ2n) is 3.68. The van der Waals surface area contributed by atoms with Gasteiger partial charge in [0.1, 0.15) is 10.2 Å². The van der Waals surface area contributed by atoms with Crippen LogP contribution < -0.4 is 0 Å². The van der Waals surface area contributed by atoms with E-state index in [0.29, 0.717) is 6.61 Å². The van der Waals surface area contributed by atoms with Crippen molar-refractivity contribution in [1.82, 2.24) is 4.98 Å². The quantitative estimate of drug-likeness (QED) is 0.901. The smallest absolute Gasteiger partial charge is 0.123 e. The van der Waals surface area contributed by atoms with Gasteiger partial charge >= 0.3 is 0 Å². The number of nitrogens with zero attached hydrogens (tertiary/aromatic N) is 1. The zero-order valence-corrected chi connectivity index (χ0v) is 10.3. The van der Waals surface area contributed by atoms with Crippen LogP contribution in [0.25, 0.3) is 0 Å². The summed E-state index contributed by atoms with van der Waals surface area (Å²) < 4.78 is 6.04. The molecule has 2 unspecified atom stereocenters. The Morgan fingerprint density at radius 3 is 3.07 bits per heavy atom. The lowest BCUT2D eigenvalue weighted by Crippen LogP contribution is -2.31. The highest BCUT2D eigenvalue weighted by atomic mass is 79.9. The molecule has 1 aromatic heterocycles. The maximum Gasteiger partial charge on any atom is 0.123 e. The van der Waals surface area contributed by atoms with Crippen LogP contribution in [0.3, 0.4) is 0 Å². The molecule has 3 nitrogen and oxygen atoms in total. The second-order valence-corrected chi connectivity index (χ2v) is 5.29. The van der Waals surface area contributed by atoms with Crippen molar-refractivity contribution in [3.8, 4) is 0 Å². The minimum Gasteiger partial charge on any atom is -0.384 e. The monoisotopic (exact) mass is 277 g/mol. The lowest BCUT2D eigenvalue weighted by molar-refractivity contribution is -0.00723. The van der Waals surface area contributed by atoms with Crippen molar-refractivity contribution in [2.45, 2.75) is 18.9 Å². The predicted molar refractivity (Wildman–Crippen MR) is 58.3 cm³/mol. The molecule has 1 saturated heterocycles. The molecule has 78 valence electrons. The molecule has 5 heteroatoms. The van der Waals surface area contributed by atoms with E-state index in [1.54, 1.807) is 5.51 Å². The Kier molecular flexibility index (Phi) is 2.93. The second kappa shape index (κ2) is 3.89. The Balaban J connectivity index is 2.26. The van der Waals surface area contributed by atoms with Crippen LogP contribution in [-0.4, -0.2) is 23.3 Å². The largest absolute Gasteiger partial charge is 0.384 e. The summed E-state index contributed by atoms with van der Waals surface area (Å²) in [5, 5.41) is 10.4. The first-order chi connectivity index (χ1) is 6.62. The van der Waals surface area contributed by atoms with Gasteiger partial charge in [-0.3, -0.25) is 0 Å². The minimum atomic E-state index is -0.823. The maximum absolute atomic E-state index is 10.4. The number of ether oxygens (including phenoxy) is 1. The normalized spacial score (nSPS) is 26.4. The Morgan fingerprint density at radius 2 is 2.57 bits per heavy atom. The van der Waals surface area contributed by atoms with Gasteiger partial charge in [0.15, 0.2) is 0 Å². The summed E-state index contributed by atoms with van der Waals surface area (Å²) in [6.45, 7) is 3.22. The van der Waals surface area contributed by atoms with E-state index in [2.05, 4.69) is 20.9 Å². The third-order valence-corrected chi connectivity index (χ3v) is 4.63. The summed E-state index contributed by atoms with van der Waals surface area (Å²) in [6, 6.07) is 0. The average molecular weight is 278 g/mol. The number of hydrogen-bond donors (Lipinski definition) is 1. The van der Waals surface area contributed by atoms with Crippen molar-refractivity contribution in [1.29, 1.82) is 0 Å². The fraction of sp³-hybridized carbons (Fsp3) is 0.667. The van der Waals surface area contributed by atoms with Gasteiger partial charge in [0.05, 0.1) is 17.0 Å². The highest BCUT2D eigenvalue weighted by molar-refractivity contribution is 9.10. The summed E-state index contributed by atoms with van der Waals surface area (Å²) in [5.41, 5.74) is 0.917. The molecule has 1 N–H and O–H groups in total. The summed E-state index contributed by atoms with van der Waals surface area (Å²) >= 11 is 4.83. The number of aromatic nitrogens is 1. The molecule has 1 aliphatic rings. The fourth-order valence-corrected chi connectivity index (χ4v) is 3.46. The molecule has 1 fully saturated rings. The van der Waals surface area contributed by atoms with Crippen LogP contribution in [0.1, 0.15) is 18.2 Å². The molecule has 2 atom stereocenters. The average Bonchev–Trinajstić information content (AvgIpc) is 2.72. The van der Waals surface area contributed by atoms with Crippen molar-refractivity contribution >= 4 is 27.3 Å². The van der Waals surface area contributed by atoms with E-state index in [0.717, 1.165) is 22.5 Å². The molecule has 0 aromatic carbocycles. The first-order valence-electron chi connectivity index (χ1n) is 4.52. The Labute approximate surface area is 95.3 Å². The van der Waals surface area contributed by atoms with Crippen LogP contribution >= 0.6 is 27.3 Å². The molecule has 14 heavy (non-hydrogen) atoms. The molecule has 0 aliphatic carbocycles. The predicted octanol–water partition coefficient (Wildman–Crippen LogP) is 2.15. The molecule has 0 radical (unpaired) electrons. The third-order valence-electron chi connectivity index (χ3n) is 2.71. The van der Waals surface area contributed by atoms with Crippen molar-refractivity contribution in [2.24, 2.45) is 5.92 Å². The van der Waals surface area contributed by atoms with Gasteiger partial charge in [0.25, 0.3) is 0 Å². The molecule has 1 aliphatic heterocycles. The summed E-state index contributed by atoms with van der Waals surface area (Å²) in [4.78, 5) is 4.98. The Bertz CT molecular complexity index is 320. The molecule has 0 bridgehead atoms. The lowest BCUT2D eigenvalue weighted by atomic mass is 9.87. The highest BCUT2D eigenvalue weighted by Gasteiger charge is 2.38. The lowest BCUT2D eigenvalue weighted by Gasteiger charge is -2.27.